The summed E-state index contributed by atoms with van der Waals surface area (Å²) in [5, 5.41) is 9.01. The van der Waals surface area contributed by atoms with Crippen LogP contribution in [0.15, 0.2) is 18.2 Å². The SMILES string of the molecule is COc1cc(CN2CCS(=O)CC2)ccc1C(=O)O. The summed E-state index contributed by atoms with van der Waals surface area (Å²) >= 11 is 0. The minimum Gasteiger partial charge on any atom is -0.496 e. The summed E-state index contributed by atoms with van der Waals surface area (Å²) in [4.78, 5) is 13.2. The maximum atomic E-state index is 11.3. The zero-order chi connectivity index (χ0) is 13.8. The molecule has 0 radical (unpaired) electrons. The first-order chi connectivity index (χ1) is 9.10. The van der Waals surface area contributed by atoms with E-state index in [0.717, 1.165) is 25.2 Å². The minimum atomic E-state index is -0.989. The number of nitrogens with zero attached hydrogens (tertiary/aromatic N) is 1. The molecule has 0 atom stereocenters. The average molecular weight is 283 g/mol. The van der Waals surface area contributed by atoms with Gasteiger partial charge in [0.1, 0.15) is 11.3 Å². The molecular formula is C13H17NO4S. The second-order valence-electron chi connectivity index (χ2n) is 4.46. The van der Waals surface area contributed by atoms with Gasteiger partial charge in [0.15, 0.2) is 0 Å². The van der Waals surface area contributed by atoms with Crippen LogP contribution in [0.25, 0.3) is 0 Å². The Morgan fingerprint density at radius 1 is 1.42 bits per heavy atom. The van der Waals surface area contributed by atoms with E-state index in [1.807, 2.05) is 0 Å². The van der Waals surface area contributed by atoms with Crippen LogP contribution in [0.1, 0.15) is 15.9 Å². The van der Waals surface area contributed by atoms with Crippen LogP contribution < -0.4 is 4.74 Å². The normalized spacial score (nSPS) is 17.3. The van der Waals surface area contributed by atoms with E-state index in [1.54, 1.807) is 18.2 Å². The van der Waals surface area contributed by atoms with E-state index < -0.39 is 16.8 Å². The summed E-state index contributed by atoms with van der Waals surface area (Å²) in [5.74, 6) is 0.816. The van der Waals surface area contributed by atoms with Crippen molar-refractivity contribution < 1.29 is 18.8 Å². The van der Waals surface area contributed by atoms with Crippen molar-refractivity contribution in [3.05, 3.63) is 29.3 Å². The van der Waals surface area contributed by atoms with Crippen molar-refractivity contribution in [2.45, 2.75) is 6.54 Å². The van der Waals surface area contributed by atoms with Gasteiger partial charge in [-0.25, -0.2) is 4.79 Å². The third-order valence-corrected chi connectivity index (χ3v) is 4.45. The van der Waals surface area contributed by atoms with Gasteiger partial charge in [0.05, 0.1) is 7.11 Å². The predicted molar refractivity (Wildman–Crippen MR) is 73.1 cm³/mol. The van der Waals surface area contributed by atoms with E-state index in [9.17, 15) is 9.00 Å². The lowest BCUT2D eigenvalue weighted by Crippen LogP contribution is -2.37. The van der Waals surface area contributed by atoms with E-state index in [4.69, 9.17) is 9.84 Å². The molecule has 0 unspecified atom stereocenters. The number of aromatic carboxylic acids is 1. The summed E-state index contributed by atoms with van der Waals surface area (Å²) in [5.41, 5.74) is 1.18. The summed E-state index contributed by atoms with van der Waals surface area (Å²) in [6, 6.07) is 5.13. The lowest BCUT2D eigenvalue weighted by atomic mass is 10.1. The van der Waals surface area contributed by atoms with Gasteiger partial charge in [-0.2, -0.15) is 0 Å². The van der Waals surface area contributed by atoms with Gasteiger partial charge >= 0.3 is 5.97 Å². The smallest absolute Gasteiger partial charge is 0.339 e. The predicted octanol–water partition coefficient (Wildman–Crippen LogP) is 0.958. The van der Waals surface area contributed by atoms with Crippen molar-refractivity contribution in [3.8, 4) is 5.75 Å². The molecular weight excluding hydrogens is 266 g/mol. The van der Waals surface area contributed by atoms with Gasteiger partial charge in [-0.15, -0.1) is 0 Å². The van der Waals surface area contributed by atoms with Crippen molar-refractivity contribution in [2.24, 2.45) is 0 Å². The Labute approximate surface area is 114 Å². The van der Waals surface area contributed by atoms with Crippen molar-refractivity contribution in [1.29, 1.82) is 0 Å². The molecule has 1 fully saturated rings. The molecule has 0 saturated carbocycles. The van der Waals surface area contributed by atoms with Gasteiger partial charge in [-0.1, -0.05) is 6.07 Å². The standard InChI is InChI=1S/C13H17NO4S/c1-18-12-8-10(2-3-11(12)13(15)16)9-14-4-6-19(17)7-5-14/h2-3,8H,4-7,9H2,1H3,(H,15,16). The molecule has 6 heteroatoms. The number of carboxylic acid groups (broad SMARTS) is 1. The van der Waals surface area contributed by atoms with Gasteiger partial charge in [-0.05, 0) is 17.7 Å². The van der Waals surface area contributed by atoms with Crippen molar-refractivity contribution in [2.75, 3.05) is 31.7 Å². The van der Waals surface area contributed by atoms with Gasteiger partial charge in [0.25, 0.3) is 0 Å². The van der Waals surface area contributed by atoms with Gasteiger partial charge in [0, 0.05) is 41.9 Å². The first-order valence-electron chi connectivity index (χ1n) is 6.07. The third kappa shape index (κ3) is 3.54. The Bertz CT molecular complexity index is 493. The highest BCUT2D eigenvalue weighted by atomic mass is 32.2. The minimum absolute atomic E-state index is 0.172. The number of hydrogen-bond acceptors (Lipinski definition) is 4. The highest BCUT2D eigenvalue weighted by Gasteiger charge is 2.17. The Kier molecular flexibility index (Phi) is 4.55. The molecule has 1 saturated heterocycles. The van der Waals surface area contributed by atoms with Gasteiger partial charge in [0.2, 0.25) is 0 Å². The Hall–Kier alpha value is -1.40. The lowest BCUT2D eigenvalue weighted by molar-refractivity contribution is 0.0693. The molecule has 1 aliphatic heterocycles. The van der Waals surface area contributed by atoms with Crippen LogP contribution in [0.5, 0.6) is 5.75 Å². The molecule has 0 aliphatic carbocycles. The fourth-order valence-corrected chi connectivity index (χ4v) is 3.23. The molecule has 0 bridgehead atoms. The van der Waals surface area contributed by atoms with Gasteiger partial charge in [-0.3, -0.25) is 9.11 Å². The Morgan fingerprint density at radius 2 is 2.11 bits per heavy atom. The highest BCUT2D eigenvalue weighted by molar-refractivity contribution is 7.85. The molecule has 0 amide bonds. The molecule has 104 valence electrons. The third-order valence-electron chi connectivity index (χ3n) is 3.17. The number of carboxylic acids is 1. The van der Waals surface area contributed by atoms with E-state index in [2.05, 4.69) is 4.90 Å². The van der Waals surface area contributed by atoms with Crippen LogP contribution >= 0.6 is 0 Å². The molecule has 0 aromatic heterocycles. The Morgan fingerprint density at radius 3 is 2.68 bits per heavy atom. The first kappa shape index (κ1) is 14.0. The molecule has 2 rings (SSSR count). The molecule has 1 aromatic rings. The lowest BCUT2D eigenvalue weighted by Gasteiger charge is -2.26. The van der Waals surface area contributed by atoms with Crippen molar-refractivity contribution in [3.63, 3.8) is 0 Å². The second kappa shape index (κ2) is 6.16. The largest absolute Gasteiger partial charge is 0.496 e. The maximum absolute atomic E-state index is 11.3. The summed E-state index contributed by atoms with van der Waals surface area (Å²) in [6.07, 6.45) is 0. The summed E-state index contributed by atoms with van der Waals surface area (Å²) in [6.45, 7) is 2.36. The zero-order valence-electron chi connectivity index (χ0n) is 10.8. The molecule has 19 heavy (non-hydrogen) atoms. The molecule has 0 spiro atoms. The first-order valence-corrected chi connectivity index (χ1v) is 7.56. The monoisotopic (exact) mass is 283 g/mol. The molecule has 1 aromatic carbocycles. The molecule has 5 nitrogen and oxygen atoms in total. The highest BCUT2D eigenvalue weighted by Crippen LogP contribution is 2.21. The number of benzene rings is 1. The Balaban J connectivity index is 2.09. The van der Waals surface area contributed by atoms with Crippen LogP contribution in [0.2, 0.25) is 0 Å². The maximum Gasteiger partial charge on any atom is 0.339 e. The van der Waals surface area contributed by atoms with E-state index >= 15 is 0 Å². The van der Waals surface area contributed by atoms with Crippen LogP contribution in [-0.4, -0.2) is 51.9 Å². The quantitative estimate of drug-likeness (QED) is 0.891. The number of hydrogen-bond donors (Lipinski definition) is 1. The fraction of sp³-hybridized carbons (Fsp3) is 0.462. The van der Waals surface area contributed by atoms with Crippen molar-refractivity contribution in [1.82, 2.24) is 4.90 Å². The van der Waals surface area contributed by atoms with Crippen LogP contribution in [0.3, 0.4) is 0 Å². The van der Waals surface area contributed by atoms with Gasteiger partial charge < -0.3 is 9.84 Å². The summed E-state index contributed by atoms with van der Waals surface area (Å²) in [7, 11) is 0.789. The number of carbonyl (C=O) groups is 1. The fourth-order valence-electron chi connectivity index (χ4n) is 2.10. The zero-order valence-corrected chi connectivity index (χ0v) is 11.6. The topological polar surface area (TPSA) is 66.8 Å². The van der Waals surface area contributed by atoms with Crippen LogP contribution in [0, 0.1) is 0 Å². The van der Waals surface area contributed by atoms with E-state index in [0.29, 0.717) is 17.3 Å². The van der Waals surface area contributed by atoms with E-state index in [1.165, 1.54) is 7.11 Å². The second-order valence-corrected chi connectivity index (χ2v) is 6.16. The number of methoxy groups -OCH3 is 1. The van der Waals surface area contributed by atoms with Crippen LogP contribution in [-0.2, 0) is 17.3 Å². The number of ether oxygens (including phenoxy) is 1. The van der Waals surface area contributed by atoms with Crippen LogP contribution in [0.4, 0.5) is 0 Å². The number of rotatable bonds is 4. The molecule has 1 N–H and O–H groups in total. The molecule has 1 heterocycles. The van der Waals surface area contributed by atoms with Crippen molar-refractivity contribution >= 4 is 16.8 Å². The van der Waals surface area contributed by atoms with E-state index in [-0.39, 0.29) is 5.56 Å². The average Bonchev–Trinajstić information content (AvgIpc) is 2.41. The summed E-state index contributed by atoms with van der Waals surface area (Å²) < 4.78 is 16.4. The molecule has 1 aliphatic rings.